The van der Waals surface area contributed by atoms with Crippen LogP contribution < -0.4 is 14.4 Å². The minimum atomic E-state index is 0.116. The maximum atomic E-state index is 12.7. The first-order valence-corrected chi connectivity index (χ1v) is 9.24. The van der Waals surface area contributed by atoms with E-state index in [1.807, 2.05) is 29.2 Å². The molecule has 6 heteroatoms. The normalized spacial score (nSPS) is 16.5. The van der Waals surface area contributed by atoms with E-state index in [0.29, 0.717) is 36.2 Å². The predicted molar refractivity (Wildman–Crippen MR) is 101 cm³/mol. The first kappa shape index (κ1) is 17.0. The first-order chi connectivity index (χ1) is 12.7. The van der Waals surface area contributed by atoms with Gasteiger partial charge in [-0.15, -0.1) is 0 Å². The second-order valence-corrected chi connectivity index (χ2v) is 6.89. The standard InChI is InChI=1S/C20H21ClN2O3/c21-17-12-15(13-18-20(17)26-11-10-25-18)14-19(24)23-8-6-22(7-9-23)16-4-2-1-3-5-16/h1-5,12-13H,6-11,14H2. The van der Waals surface area contributed by atoms with Gasteiger partial charge in [0.05, 0.1) is 11.4 Å². The summed E-state index contributed by atoms with van der Waals surface area (Å²) in [6, 6.07) is 14.0. The van der Waals surface area contributed by atoms with Crippen LogP contribution in [-0.4, -0.2) is 50.2 Å². The van der Waals surface area contributed by atoms with Crippen LogP contribution in [0.15, 0.2) is 42.5 Å². The van der Waals surface area contributed by atoms with Gasteiger partial charge in [-0.25, -0.2) is 0 Å². The van der Waals surface area contributed by atoms with Crippen LogP contribution in [-0.2, 0) is 11.2 Å². The largest absolute Gasteiger partial charge is 0.486 e. The molecule has 136 valence electrons. The number of anilines is 1. The highest BCUT2D eigenvalue weighted by Gasteiger charge is 2.23. The molecule has 0 radical (unpaired) electrons. The SMILES string of the molecule is O=C(Cc1cc(Cl)c2c(c1)OCCO2)N1CCN(c2ccccc2)CC1. The molecule has 0 unspecified atom stereocenters. The zero-order chi connectivity index (χ0) is 17.9. The average molecular weight is 373 g/mol. The summed E-state index contributed by atoms with van der Waals surface area (Å²) in [5, 5.41) is 0.499. The molecule has 26 heavy (non-hydrogen) atoms. The summed E-state index contributed by atoms with van der Waals surface area (Å²) in [4.78, 5) is 16.9. The van der Waals surface area contributed by atoms with Crippen molar-refractivity contribution in [2.45, 2.75) is 6.42 Å². The number of carbonyl (C=O) groups is 1. The maximum absolute atomic E-state index is 12.7. The molecule has 0 aliphatic carbocycles. The van der Waals surface area contributed by atoms with Crippen molar-refractivity contribution >= 4 is 23.2 Å². The van der Waals surface area contributed by atoms with E-state index in [4.69, 9.17) is 21.1 Å². The molecule has 0 saturated carbocycles. The predicted octanol–water partition coefficient (Wildman–Crippen LogP) is 3.00. The van der Waals surface area contributed by atoms with Crippen molar-refractivity contribution in [1.29, 1.82) is 0 Å². The van der Waals surface area contributed by atoms with Crippen LogP contribution in [0.25, 0.3) is 0 Å². The molecule has 0 atom stereocenters. The second-order valence-electron chi connectivity index (χ2n) is 6.48. The van der Waals surface area contributed by atoms with Crippen LogP contribution in [0, 0.1) is 0 Å². The monoisotopic (exact) mass is 372 g/mol. The topological polar surface area (TPSA) is 42.0 Å². The van der Waals surface area contributed by atoms with Crippen LogP contribution >= 0.6 is 11.6 Å². The van der Waals surface area contributed by atoms with Crippen molar-refractivity contribution in [2.75, 3.05) is 44.3 Å². The molecule has 0 N–H and O–H groups in total. The number of fused-ring (bicyclic) bond motifs is 1. The lowest BCUT2D eigenvalue weighted by atomic mass is 10.1. The van der Waals surface area contributed by atoms with Crippen LogP contribution in [0.2, 0.25) is 5.02 Å². The average Bonchev–Trinajstić information content (AvgIpc) is 2.69. The number of hydrogen-bond donors (Lipinski definition) is 0. The molecular formula is C20H21ClN2O3. The fourth-order valence-corrected chi connectivity index (χ4v) is 3.69. The van der Waals surface area contributed by atoms with Crippen molar-refractivity contribution in [3.05, 3.63) is 53.1 Å². The Bertz CT molecular complexity index is 789. The number of carbonyl (C=O) groups excluding carboxylic acids is 1. The van der Waals surface area contributed by atoms with Crippen LogP contribution in [0.5, 0.6) is 11.5 Å². The lowest BCUT2D eigenvalue weighted by Gasteiger charge is -2.36. The summed E-state index contributed by atoms with van der Waals surface area (Å²) in [6.07, 6.45) is 0.321. The van der Waals surface area contributed by atoms with Gasteiger partial charge in [-0.1, -0.05) is 29.8 Å². The van der Waals surface area contributed by atoms with E-state index in [1.165, 1.54) is 5.69 Å². The number of benzene rings is 2. The number of nitrogens with zero attached hydrogens (tertiary/aromatic N) is 2. The van der Waals surface area contributed by atoms with Crippen LogP contribution in [0.1, 0.15) is 5.56 Å². The third-order valence-corrected chi connectivity index (χ3v) is 5.05. The minimum Gasteiger partial charge on any atom is -0.486 e. The highest BCUT2D eigenvalue weighted by molar-refractivity contribution is 6.32. The Labute approximate surface area is 158 Å². The summed E-state index contributed by atoms with van der Waals surface area (Å²) in [5.41, 5.74) is 2.06. The Morgan fingerprint density at radius 1 is 1.00 bits per heavy atom. The fraction of sp³-hybridized carbons (Fsp3) is 0.350. The van der Waals surface area contributed by atoms with Gasteiger partial charge >= 0.3 is 0 Å². The molecule has 1 amide bonds. The molecule has 2 aliphatic heterocycles. The molecule has 5 nitrogen and oxygen atoms in total. The highest BCUT2D eigenvalue weighted by Crippen LogP contribution is 2.38. The molecular weight excluding hydrogens is 352 g/mol. The molecule has 4 rings (SSSR count). The van der Waals surface area contributed by atoms with Crippen LogP contribution in [0.4, 0.5) is 5.69 Å². The van der Waals surface area contributed by atoms with Gasteiger partial charge in [0, 0.05) is 31.9 Å². The van der Waals surface area contributed by atoms with E-state index < -0.39 is 0 Å². The van der Waals surface area contributed by atoms with Gasteiger partial charge in [0.2, 0.25) is 5.91 Å². The Kier molecular flexibility index (Phi) is 4.89. The van der Waals surface area contributed by atoms with Crippen molar-refractivity contribution in [3.8, 4) is 11.5 Å². The minimum absolute atomic E-state index is 0.116. The smallest absolute Gasteiger partial charge is 0.227 e. The molecule has 2 aromatic carbocycles. The van der Waals surface area contributed by atoms with Gasteiger partial charge in [0.25, 0.3) is 0 Å². The highest BCUT2D eigenvalue weighted by atomic mass is 35.5. The summed E-state index contributed by atoms with van der Waals surface area (Å²) in [6.45, 7) is 4.15. The van der Waals surface area contributed by atoms with E-state index in [1.54, 1.807) is 6.07 Å². The first-order valence-electron chi connectivity index (χ1n) is 8.86. The molecule has 0 spiro atoms. The quantitative estimate of drug-likeness (QED) is 0.830. The lowest BCUT2D eigenvalue weighted by molar-refractivity contribution is -0.130. The van der Waals surface area contributed by atoms with E-state index in [-0.39, 0.29) is 5.91 Å². The van der Waals surface area contributed by atoms with Gasteiger partial charge in [-0.2, -0.15) is 0 Å². The summed E-state index contributed by atoms with van der Waals surface area (Å²) in [7, 11) is 0. The van der Waals surface area contributed by atoms with E-state index >= 15 is 0 Å². The van der Waals surface area contributed by atoms with Crippen LogP contribution in [0.3, 0.4) is 0 Å². The zero-order valence-electron chi connectivity index (χ0n) is 14.5. The van der Waals surface area contributed by atoms with Crippen molar-refractivity contribution in [1.82, 2.24) is 4.90 Å². The third kappa shape index (κ3) is 3.58. The maximum Gasteiger partial charge on any atom is 0.227 e. The second kappa shape index (κ2) is 7.46. The summed E-state index contributed by atoms with van der Waals surface area (Å²) < 4.78 is 11.1. The summed E-state index contributed by atoms with van der Waals surface area (Å²) >= 11 is 6.27. The summed E-state index contributed by atoms with van der Waals surface area (Å²) in [5.74, 6) is 1.32. The Hall–Kier alpha value is -2.40. The number of piperazine rings is 1. The number of halogens is 1. The number of amides is 1. The zero-order valence-corrected chi connectivity index (χ0v) is 15.2. The van der Waals surface area contributed by atoms with E-state index in [9.17, 15) is 4.79 Å². The van der Waals surface area contributed by atoms with E-state index in [0.717, 1.165) is 31.7 Å². The van der Waals surface area contributed by atoms with E-state index in [2.05, 4.69) is 17.0 Å². The molecule has 0 aromatic heterocycles. The molecule has 2 heterocycles. The Morgan fingerprint density at radius 2 is 1.73 bits per heavy atom. The Balaban J connectivity index is 1.38. The van der Waals surface area contributed by atoms with Crippen molar-refractivity contribution in [3.63, 3.8) is 0 Å². The molecule has 1 fully saturated rings. The molecule has 2 aliphatic rings. The number of rotatable bonds is 3. The van der Waals surface area contributed by atoms with Crippen molar-refractivity contribution in [2.24, 2.45) is 0 Å². The third-order valence-electron chi connectivity index (χ3n) is 4.77. The van der Waals surface area contributed by atoms with Gasteiger partial charge in [0.15, 0.2) is 11.5 Å². The number of hydrogen-bond acceptors (Lipinski definition) is 4. The molecule has 0 bridgehead atoms. The fourth-order valence-electron chi connectivity index (χ4n) is 3.41. The molecule has 2 aromatic rings. The van der Waals surface area contributed by atoms with Gasteiger partial charge in [0.1, 0.15) is 13.2 Å². The molecule has 1 saturated heterocycles. The van der Waals surface area contributed by atoms with Gasteiger partial charge < -0.3 is 19.3 Å². The van der Waals surface area contributed by atoms with Crippen molar-refractivity contribution < 1.29 is 14.3 Å². The number of ether oxygens (including phenoxy) is 2. The Morgan fingerprint density at radius 3 is 2.50 bits per heavy atom. The van der Waals surface area contributed by atoms with Gasteiger partial charge in [-0.3, -0.25) is 4.79 Å². The lowest BCUT2D eigenvalue weighted by Crippen LogP contribution is -2.49. The number of para-hydroxylation sites is 1. The van der Waals surface area contributed by atoms with Gasteiger partial charge in [-0.05, 0) is 29.8 Å².